The van der Waals surface area contributed by atoms with Crippen LogP contribution in [0.3, 0.4) is 0 Å². The average Bonchev–Trinajstić information content (AvgIpc) is 2.86. The van der Waals surface area contributed by atoms with E-state index >= 15 is 0 Å². The van der Waals surface area contributed by atoms with E-state index in [1.807, 2.05) is 18.5 Å². The summed E-state index contributed by atoms with van der Waals surface area (Å²) in [6.45, 7) is 6.57. The fourth-order valence-corrected chi connectivity index (χ4v) is 5.01. The summed E-state index contributed by atoms with van der Waals surface area (Å²) in [4.78, 5) is 9.01. The third-order valence-corrected chi connectivity index (χ3v) is 7.44. The lowest BCUT2D eigenvalue weighted by atomic mass is 9.82. The van der Waals surface area contributed by atoms with Crippen molar-refractivity contribution in [3.05, 3.63) is 35.7 Å². The van der Waals surface area contributed by atoms with Crippen LogP contribution in [0.4, 0.5) is 11.5 Å². The van der Waals surface area contributed by atoms with Gasteiger partial charge in [0.25, 0.3) is 0 Å². The van der Waals surface area contributed by atoms with Crippen molar-refractivity contribution < 1.29 is 9.47 Å². The van der Waals surface area contributed by atoms with E-state index in [4.69, 9.17) is 21.1 Å². The molecule has 0 atom stereocenters. The third kappa shape index (κ3) is 7.04. The molecule has 34 heavy (non-hydrogen) atoms. The lowest BCUT2D eigenvalue weighted by Gasteiger charge is -2.33. The van der Waals surface area contributed by atoms with Crippen LogP contribution in [0.25, 0.3) is 11.1 Å². The van der Waals surface area contributed by atoms with Crippen LogP contribution in [0.1, 0.15) is 45.4 Å². The first kappa shape index (κ1) is 25.2. The number of hydrogen-bond donors (Lipinski definition) is 3. The molecule has 0 unspecified atom stereocenters. The van der Waals surface area contributed by atoms with Gasteiger partial charge in [-0.3, -0.25) is 4.98 Å². The van der Waals surface area contributed by atoms with Crippen molar-refractivity contribution in [2.75, 3.05) is 50.7 Å². The van der Waals surface area contributed by atoms with Crippen molar-refractivity contribution in [3.8, 4) is 11.1 Å². The van der Waals surface area contributed by atoms with Crippen LogP contribution in [0.15, 0.2) is 30.7 Å². The fraction of sp³-hybridized carbons (Fsp3) is 0.615. The highest BCUT2D eigenvalue weighted by Gasteiger charge is 2.27. The Bertz CT molecular complexity index is 914. The van der Waals surface area contributed by atoms with Crippen molar-refractivity contribution in [1.82, 2.24) is 15.3 Å². The average molecular weight is 488 g/mol. The van der Waals surface area contributed by atoms with Crippen molar-refractivity contribution in [1.29, 1.82) is 0 Å². The van der Waals surface area contributed by atoms with Gasteiger partial charge in [0.05, 0.1) is 17.3 Å². The summed E-state index contributed by atoms with van der Waals surface area (Å²) < 4.78 is 10.7. The van der Waals surface area contributed by atoms with Crippen LogP contribution < -0.4 is 16.0 Å². The normalized spacial score (nSPS) is 22.3. The second-order valence-corrected chi connectivity index (χ2v) is 10.3. The lowest BCUT2D eigenvalue weighted by Crippen LogP contribution is -2.38. The molecule has 8 heteroatoms. The number of anilines is 2. The Morgan fingerprint density at radius 2 is 1.85 bits per heavy atom. The molecule has 186 valence electrons. The number of halogens is 1. The molecule has 0 bridgehead atoms. The maximum absolute atomic E-state index is 6.56. The van der Waals surface area contributed by atoms with Gasteiger partial charge >= 0.3 is 0 Å². The highest BCUT2D eigenvalue weighted by Crippen LogP contribution is 2.33. The smallest absolute Gasteiger partial charge is 0.126 e. The van der Waals surface area contributed by atoms with Crippen molar-refractivity contribution in [2.24, 2.45) is 5.41 Å². The van der Waals surface area contributed by atoms with E-state index < -0.39 is 0 Å². The molecule has 2 aromatic rings. The molecule has 3 heterocycles. The van der Waals surface area contributed by atoms with Gasteiger partial charge in [-0.1, -0.05) is 18.5 Å². The first-order valence-corrected chi connectivity index (χ1v) is 12.8. The molecule has 1 aliphatic carbocycles. The summed E-state index contributed by atoms with van der Waals surface area (Å²) in [6, 6.07) is 5.17. The van der Waals surface area contributed by atoms with E-state index in [0.717, 1.165) is 94.1 Å². The molecule has 0 aromatic carbocycles. The van der Waals surface area contributed by atoms with Gasteiger partial charge in [-0.05, 0) is 56.1 Å². The molecule has 2 aromatic heterocycles. The second kappa shape index (κ2) is 12.2. The van der Waals surface area contributed by atoms with Crippen LogP contribution in [0, 0.1) is 5.41 Å². The number of nitrogens with zero attached hydrogens (tertiary/aromatic N) is 2. The minimum atomic E-state index is 0.248. The highest BCUT2D eigenvalue weighted by atomic mass is 35.5. The summed E-state index contributed by atoms with van der Waals surface area (Å²) in [5.74, 6) is 0.864. The molecular formula is C26H38ClN5O2. The molecule has 0 amide bonds. The Morgan fingerprint density at radius 3 is 2.62 bits per heavy atom. The maximum atomic E-state index is 6.56. The summed E-state index contributed by atoms with van der Waals surface area (Å²) in [5.41, 5.74) is 3.19. The molecule has 0 radical (unpaired) electrons. The number of aromatic nitrogens is 2. The summed E-state index contributed by atoms with van der Waals surface area (Å²) in [7, 11) is 1.74. The minimum Gasteiger partial charge on any atom is -0.383 e. The van der Waals surface area contributed by atoms with E-state index in [1.54, 1.807) is 13.3 Å². The maximum Gasteiger partial charge on any atom is 0.126 e. The lowest BCUT2D eigenvalue weighted by molar-refractivity contribution is 0.0300. The standard InChI is InChI=1S/C26H38ClN5O2/c1-26(7-10-34-11-8-26)18-31-22-13-19(15-28-16-22)23-14-25(30-17-24(23)27)32-21-5-3-20(4-6-21)29-9-12-33-2/h13-17,20-21,29,31H,3-12,18H2,1-2H3,(H,30,32)/t20-,21-. The molecule has 1 saturated carbocycles. The minimum absolute atomic E-state index is 0.248. The van der Waals surface area contributed by atoms with Gasteiger partial charge in [0.1, 0.15) is 5.82 Å². The van der Waals surface area contributed by atoms with E-state index in [-0.39, 0.29) is 5.41 Å². The van der Waals surface area contributed by atoms with E-state index in [0.29, 0.717) is 17.1 Å². The predicted molar refractivity (Wildman–Crippen MR) is 139 cm³/mol. The molecule has 4 rings (SSSR count). The molecule has 0 spiro atoms. The van der Waals surface area contributed by atoms with Gasteiger partial charge in [0.2, 0.25) is 0 Å². The molecular weight excluding hydrogens is 450 g/mol. The zero-order valence-corrected chi connectivity index (χ0v) is 21.2. The molecule has 2 fully saturated rings. The Kier molecular flexibility index (Phi) is 9.00. The van der Waals surface area contributed by atoms with Gasteiger partial charge < -0.3 is 25.4 Å². The molecule has 2 aliphatic rings. The van der Waals surface area contributed by atoms with Gasteiger partial charge in [-0.25, -0.2) is 4.98 Å². The monoisotopic (exact) mass is 487 g/mol. The number of methoxy groups -OCH3 is 1. The second-order valence-electron chi connectivity index (χ2n) is 9.93. The quantitative estimate of drug-likeness (QED) is 0.407. The molecule has 1 aliphatic heterocycles. The Hall–Kier alpha value is -1.93. The first-order valence-electron chi connectivity index (χ1n) is 12.5. The predicted octanol–water partition coefficient (Wildman–Crippen LogP) is 4.98. The SMILES string of the molecule is COCCN[C@H]1CC[C@H](Nc2cc(-c3cncc(NCC4(C)CCOCC4)c3)c(Cl)cn2)CC1. The number of nitrogens with one attached hydrogen (secondary N) is 3. The van der Waals surface area contributed by atoms with Crippen LogP contribution in [0.5, 0.6) is 0 Å². The third-order valence-electron chi connectivity index (χ3n) is 7.14. The molecule has 1 saturated heterocycles. The summed E-state index contributed by atoms with van der Waals surface area (Å²) in [6.07, 6.45) is 12.2. The Morgan fingerprint density at radius 1 is 1.09 bits per heavy atom. The number of ether oxygens (including phenoxy) is 2. The molecule has 7 nitrogen and oxygen atoms in total. The molecule has 3 N–H and O–H groups in total. The first-order chi connectivity index (χ1) is 16.5. The van der Waals surface area contributed by atoms with Crippen molar-refractivity contribution in [3.63, 3.8) is 0 Å². The van der Waals surface area contributed by atoms with E-state index in [9.17, 15) is 0 Å². The zero-order chi connectivity index (χ0) is 23.8. The topological polar surface area (TPSA) is 80.3 Å². The zero-order valence-electron chi connectivity index (χ0n) is 20.4. The number of pyridine rings is 2. The van der Waals surface area contributed by atoms with Gasteiger partial charge in [0, 0.05) is 75.2 Å². The fourth-order valence-electron chi connectivity index (χ4n) is 4.80. The van der Waals surface area contributed by atoms with Gasteiger partial charge in [-0.2, -0.15) is 0 Å². The Balaban J connectivity index is 1.36. The van der Waals surface area contributed by atoms with Crippen molar-refractivity contribution >= 4 is 23.1 Å². The van der Waals surface area contributed by atoms with Crippen LogP contribution in [0.2, 0.25) is 5.02 Å². The summed E-state index contributed by atoms with van der Waals surface area (Å²) >= 11 is 6.56. The van der Waals surface area contributed by atoms with Crippen molar-refractivity contribution in [2.45, 2.75) is 57.5 Å². The van der Waals surface area contributed by atoms with Gasteiger partial charge in [-0.15, -0.1) is 0 Å². The Labute approximate surface area is 208 Å². The highest BCUT2D eigenvalue weighted by molar-refractivity contribution is 6.33. The van der Waals surface area contributed by atoms with Gasteiger partial charge in [0.15, 0.2) is 0 Å². The van der Waals surface area contributed by atoms with Crippen LogP contribution in [-0.4, -0.2) is 62.1 Å². The largest absolute Gasteiger partial charge is 0.383 e. The van der Waals surface area contributed by atoms with E-state index in [1.165, 1.54) is 0 Å². The summed E-state index contributed by atoms with van der Waals surface area (Å²) in [5, 5.41) is 11.4. The number of hydrogen-bond acceptors (Lipinski definition) is 7. The van der Waals surface area contributed by atoms with Crippen LogP contribution >= 0.6 is 11.6 Å². The van der Waals surface area contributed by atoms with Crippen LogP contribution in [-0.2, 0) is 9.47 Å². The number of rotatable bonds is 10. The van der Waals surface area contributed by atoms with E-state index in [2.05, 4.69) is 38.9 Å².